The summed E-state index contributed by atoms with van der Waals surface area (Å²) >= 11 is 0. The van der Waals surface area contributed by atoms with Crippen molar-refractivity contribution >= 4 is 0 Å². The third kappa shape index (κ3) is 4.77. The van der Waals surface area contributed by atoms with Crippen LogP contribution in [0, 0.1) is 5.92 Å². The van der Waals surface area contributed by atoms with Crippen LogP contribution in [-0.2, 0) is 0 Å². The lowest BCUT2D eigenvalue weighted by molar-refractivity contribution is 0.156. The van der Waals surface area contributed by atoms with E-state index in [1.54, 1.807) is 6.92 Å². The van der Waals surface area contributed by atoms with E-state index in [-0.39, 0.29) is 12.1 Å². The second-order valence-electron chi connectivity index (χ2n) is 3.38. The van der Waals surface area contributed by atoms with Crippen LogP contribution in [0.3, 0.4) is 0 Å². The van der Waals surface area contributed by atoms with E-state index < -0.39 is 0 Å². The molecule has 0 amide bonds. The fourth-order valence-electron chi connectivity index (χ4n) is 0.767. The van der Waals surface area contributed by atoms with Gasteiger partial charge in [0.05, 0.1) is 6.10 Å². The van der Waals surface area contributed by atoms with Crippen LogP contribution in [0.1, 0.15) is 33.6 Å². The van der Waals surface area contributed by atoms with Gasteiger partial charge in [0, 0.05) is 6.04 Å². The molecule has 0 aliphatic heterocycles. The van der Waals surface area contributed by atoms with E-state index in [0.717, 1.165) is 12.8 Å². The summed E-state index contributed by atoms with van der Waals surface area (Å²) in [5.41, 5.74) is 5.61. The van der Waals surface area contributed by atoms with Crippen LogP contribution < -0.4 is 5.73 Å². The lowest BCUT2D eigenvalue weighted by atomic mass is 10.0. The van der Waals surface area contributed by atoms with Crippen molar-refractivity contribution in [3.05, 3.63) is 0 Å². The molecular formula is C8H19NO. The van der Waals surface area contributed by atoms with Crippen LogP contribution in [0.4, 0.5) is 0 Å². The van der Waals surface area contributed by atoms with Crippen molar-refractivity contribution < 1.29 is 5.11 Å². The van der Waals surface area contributed by atoms with Crippen LogP contribution in [0.5, 0.6) is 0 Å². The second kappa shape index (κ2) is 4.69. The molecule has 0 bridgehead atoms. The Kier molecular flexibility index (Phi) is 4.65. The Morgan fingerprint density at radius 3 is 2.00 bits per heavy atom. The zero-order chi connectivity index (χ0) is 8.15. The maximum absolute atomic E-state index is 9.01. The molecule has 0 saturated heterocycles. The lowest BCUT2D eigenvalue weighted by Crippen LogP contribution is -2.32. The number of hydrogen-bond acceptors (Lipinski definition) is 2. The van der Waals surface area contributed by atoms with E-state index in [0.29, 0.717) is 5.92 Å². The molecule has 0 aliphatic rings. The van der Waals surface area contributed by atoms with Crippen molar-refractivity contribution in [2.75, 3.05) is 0 Å². The first-order valence-electron chi connectivity index (χ1n) is 3.97. The first-order chi connectivity index (χ1) is 4.54. The van der Waals surface area contributed by atoms with Crippen molar-refractivity contribution in [2.45, 2.75) is 45.8 Å². The third-order valence-corrected chi connectivity index (χ3v) is 1.70. The van der Waals surface area contributed by atoms with Crippen molar-refractivity contribution in [1.29, 1.82) is 0 Å². The van der Waals surface area contributed by atoms with Gasteiger partial charge in [-0.1, -0.05) is 13.8 Å². The van der Waals surface area contributed by atoms with Gasteiger partial charge in [-0.25, -0.2) is 0 Å². The van der Waals surface area contributed by atoms with Gasteiger partial charge < -0.3 is 10.8 Å². The molecule has 0 unspecified atom stereocenters. The number of aliphatic hydroxyl groups excluding tert-OH is 1. The summed E-state index contributed by atoms with van der Waals surface area (Å²) in [5.74, 6) is 0.685. The van der Waals surface area contributed by atoms with Crippen LogP contribution in [0.25, 0.3) is 0 Å². The molecule has 0 aliphatic carbocycles. The molecule has 0 saturated carbocycles. The fraction of sp³-hybridized carbons (Fsp3) is 1.00. The fourth-order valence-corrected chi connectivity index (χ4v) is 0.767. The Morgan fingerprint density at radius 2 is 1.70 bits per heavy atom. The zero-order valence-electron chi connectivity index (χ0n) is 7.17. The van der Waals surface area contributed by atoms with Gasteiger partial charge in [0.2, 0.25) is 0 Å². The van der Waals surface area contributed by atoms with Gasteiger partial charge >= 0.3 is 0 Å². The Labute approximate surface area is 63.4 Å². The van der Waals surface area contributed by atoms with Crippen molar-refractivity contribution in [3.8, 4) is 0 Å². The topological polar surface area (TPSA) is 46.2 Å². The Balaban J connectivity index is 3.30. The van der Waals surface area contributed by atoms with Crippen molar-refractivity contribution in [1.82, 2.24) is 0 Å². The molecule has 0 aromatic rings. The minimum absolute atomic E-state index is 0.0394. The highest BCUT2D eigenvalue weighted by atomic mass is 16.3. The summed E-state index contributed by atoms with van der Waals surface area (Å²) in [5, 5.41) is 9.01. The average Bonchev–Trinajstić information content (AvgIpc) is 1.82. The quantitative estimate of drug-likeness (QED) is 0.623. The molecule has 62 valence electrons. The predicted octanol–water partition coefficient (Wildman–Crippen LogP) is 1.13. The van der Waals surface area contributed by atoms with Gasteiger partial charge in [-0.15, -0.1) is 0 Å². The van der Waals surface area contributed by atoms with Crippen LogP contribution in [-0.4, -0.2) is 17.3 Å². The first kappa shape index (κ1) is 9.92. The predicted molar refractivity (Wildman–Crippen MR) is 43.7 cm³/mol. The largest absolute Gasteiger partial charge is 0.392 e. The van der Waals surface area contributed by atoms with E-state index in [1.807, 2.05) is 0 Å². The smallest absolute Gasteiger partial charge is 0.0662 e. The second-order valence-corrected chi connectivity index (χ2v) is 3.38. The average molecular weight is 145 g/mol. The minimum atomic E-state index is -0.362. The molecule has 2 heteroatoms. The molecule has 0 spiro atoms. The van der Waals surface area contributed by atoms with Crippen molar-refractivity contribution in [3.63, 3.8) is 0 Å². The van der Waals surface area contributed by atoms with Gasteiger partial charge in [0.15, 0.2) is 0 Å². The first-order valence-corrected chi connectivity index (χ1v) is 3.97. The van der Waals surface area contributed by atoms with Crippen molar-refractivity contribution in [2.24, 2.45) is 11.7 Å². The summed E-state index contributed by atoms with van der Waals surface area (Å²) in [6.45, 7) is 6.06. The molecular weight excluding hydrogens is 126 g/mol. The summed E-state index contributed by atoms with van der Waals surface area (Å²) in [7, 11) is 0. The third-order valence-electron chi connectivity index (χ3n) is 1.70. The maximum atomic E-state index is 9.01. The molecule has 3 N–H and O–H groups in total. The van der Waals surface area contributed by atoms with E-state index in [4.69, 9.17) is 10.8 Å². The molecule has 0 radical (unpaired) electrons. The normalized spacial score (nSPS) is 17.4. The van der Waals surface area contributed by atoms with Crippen LogP contribution in [0.2, 0.25) is 0 Å². The Morgan fingerprint density at radius 1 is 1.20 bits per heavy atom. The molecule has 0 heterocycles. The summed E-state index contributed by atoms with van der Waals surface area (Å²) in [4.78, 5) is 0. The molecule has 2 nitrogen and oxygen atoms in total. The van der Waals surface area contributed by atoms with Gasteiger partial charge in [-0.3, -0.25) is 0 Å². The van der Waals surface area contributed by atoms with Gasteiger partial charge in [0.25, 0.3) is 0 Å². The molecule has 2 atom stereocenters. The van der Waals surface area contributed by atoms with Crippen LogP contribution in [0.15, 0.2) is 0 Å². The van der Waals surface area contributed by atoms with E-state index in [9.17, 15) is 0 Å². The zero-order valence-corrected chi connectivity index (χ0v) is 7.17. The summed E-state index contributed by atoms with van der Waals surface area (Å²) in [6, 6.07) is -0.0394. The number of aliphatic hydroxyl groups is 1. The molecule has 0 aromatic heterocycles. The number of hydrogen-bond donors (Lipinski definition) is 2. The lowest BCUT2D eigenvalue weighted by Gasteiger charge is -2.15. The summed E-state index contributed by atoms with van der Waals surface area (Å²) < 4.78 is 0. The molecule has 0 fully saturated rings. The Hall–Kier alpha value is -0.0800. The highest BCUT2D eigenvalue weighted by Gasteiger charge is 2.08. The summed E-state index contributed by atoms with van der Waals surface area (Å²) in [6.07, 6.45) is 1.67. The monoisotopic (exact) mass is 145 g/mol. The number of nitrogens with two attached hydrogens (primary N) is 1. The van der Waals surface area contributed by atoms with Gasteiger partial charge in [-0.2, -0.15) is 0 Å². The number of rotatable bonds is 4. The van der Waals surface area contributed by atoms with E-state index in [2.05, 4.69) is 13.8 Å². The highest BCUT2D eigenvalue weighted by molar-refractivity contribution is 4.67. The Bertz CT molecular complexity index is 81.3. The van der Waals surface area contributed by atoms with Gasteiger partial charge in [-0.05, 0) is 25.7 Å². The molecule has 0 aromatic carbocycles. The van der Waals surface area contributed by atoms with Crippen LogP contribution >= 0.6 is 0 Å². The van der Waals surface area contributed by atoms with Gasteiger partial charge in [0.1, 0.15) is 0 Å². The van der Waals surface area contributed by atoms with E-state index >= 15 is 0 Å². The molecule has 0 rings (SSSR count). The SMILES string of the molecule is CC(C)CC[C@H](N)[C@H](C)O. The van der Waals surface area contributed by atoms with E-state index in [1.165, 1.54) is 0 Å². The minimum Gasteiger partial charge on any atom is -0.392 e. The highest BCUT2D eigenvalue weighted by Crippen LogP contribution is 2.07. The maximum Gasteiger partial charge on any atom is 0.0662 e. The standard InChI is InChI=1S/C8H19NO/c1-6(2)4-5-8(9)7(3)10/h6-8,10H,4-5,9H2,1-3H3/t7-,8-/m0/s1. The molecule has 10 heavy (non-hydrogen) atoms.